The molecule has 4 heteroatoms. The summed E-state index contributed by atoms with van der Waals surface area (Å²) in [4.78, 5) is 14.7. The van der Waals surface area contributed by atoms with Crippen LogP contribution in [0.4, 0.5) is 0 Å². The van der Waals surface area contributed by atoms with Crippen LogP contribution in [0.15, 0.2) is 30.2 Å². The number of piperidine rings is 1. The first-order valence-electron chi connectivity index (χ1n) is 10.7. The van der Waals surface area contributed by atoms with E-state index in [0.717, 1.165) is 43.6 Å². The molecule has 3 aliphatic heterocycles. The normalized spacial score (nSPS) is 30.9. The van der Waals surface area contributed by atoms with Crippen molar-refractivity contribution in [2.24, 2.45) is 5.41 Å². The average molecular weight is 326 g/mol. The number of aromatic nitrogens is 1. The fourth-order valence-electron chi connectivity index (χ4n) is 5.17. The van der Waals surface area contributed by atoms with Crippen molar-refractivity contribution in [3.05, 3.63) is 41.5 Å². The van der Waals surface area contributed by atoms with Crippen molar-refractivity contribution in [3.63, 3.8) is 0 Å². The summed E-state index contributed by atoms with van der Waals surface area (Å²) in [6.45, 7) is 3.89. The number of hydrogen-bond acceptors (Lipinski definition) is 2. The van der Waals surface area contributed by atoms with Gasteiger partial charge in [-0.2, -0.15) is 0 Å². The molecule has 1 fully saturated rings. The molecule has 1 aromatic heterocycles. The van der Waals surface area contributed by atoms with E-state index < -0.39 is 5.97 Å². The number of carboxylic acids is 1. The maximum atomic E-state index is 12.3. The summed E-state index contributed by atoms with van der Waals surface area (Å²) in [5.74, 6) is -1.05. The van der Waals surface area contributed by atoms with Crippen LogP contribution in [0.3, 0.4) is 0 Å². The highest BCUT2D eigenvalue weighted by molar-refractivity contribution is 6.12. The van der Waals surface area contributed by atoms with Crippen molar-refractivity contribution in [1.29, 1.82) is 0 Å². The Morgan fingerprint density at radius 1 is 1.42 bits per heavy atom. The van der Waals surface area contributed by atoms with E-state index in [1.807, 2.05) is 6.08 Å². The number of aliphatic carboxylic acids is 1. The van der Waals surface area contributed by atoms with Gasteiger partial charge in [0, 0.05) is 23.0 Å². The zero-order valence-corrected chi connectivity index (χ0v) is 13.6. The van der Waals surface area contributed by atoms with E-state index in [1.54, 1.807) is 4.57 Å². The molecule has 2 atom stereocenters. The third-order valence-corrected chi connectivity index (χ3v) is 6.19. The van der Waals surface area contributed by atoms with Gasteiger partial charge in [-0.05, 0) is 49.9 Å². The lowest BCUT2D eigenvalue weighted by Crippen LogP contribution is -2.51. The molecular weight excluding hydrogens is 300 g/mol. The Morgan fingerprint density at radius 3 is 3.04 bits per heavy atom. The van der Waals surface area contributed by atoms with Crippen LogP contribution < -0.4 is 0 Å². The minimum absolute atomic E-state index is 0.0210. The number of fused-ring (bicyclic) bond motifs is 3. The number of carboxylic acid groups (broad SMARTS) is 1. The van der Waals surface area contributed by atoms with Gasteiger partial charge in [0.2, 0.25) is 0 Å². The molecule has 0 spiro atoms. The number of nitrogens with zero attached hydrogens (tertiary/aromatic N) is 2. The maximum absolute atomic E-state index is 12.3. The zero-order chi connectivity index (χ0) is 20.0. The summed E-state index contributed by atoms with van der Waals surface area (Å²) >= 11 is 0. The van der Waals surface area contributed by atoms with Gasteiger partial charge in [0.1, 0.15) is 5.70 Å². The zero-order valence-electron chi connectivity index (χ0n) is 17.6. The maximum Gasteiger partial charge on any atom is 0.352 e. The van der Waals surface area contributed by atoms with Gasteiger partial charge in [0.25, 0.3) is 0 Å². The molecule has 4 heterocycles. The van der Waals surface area contributed by atoms with E-state index in [-0.39, 0.29) is 41.3 Å². The molecule has 1 saturated heterocycles. The summed E-state index contributed by atoms with van der Waals surface area (Å²) in [6.07, 6.45) is 5.29. The van der Waals surface area contributed by atoms with Crippen molar-refractivity contribution < 1.29 is 15.4 Å². The average Bonchev–Trinajstić information content (AvgIpc) is 3.04. The van der Waals surface area contributed by atoms with Crippen LogP contribution in [0, 0.1) is 5.41 Å². The van der Waals surface area contributed by atoms with Crippen LogP contribution in [-0.2, 0) is 11.2 Å². The Bertz CT molecular complexity index is 1090. The SMILES string of the molecule is [2H]c1c([2H])c([2H])c2c(c1[2H])c1c3n2C(C(=O)O)=C[C@@]2(CC)CCCN(CC1)[C@@H]32. The van der Waals surface area contributed by atoms with Crippen molar-refractivity contribution in [2.45, 2.75) is 38.6 Å². The second-order valence-corrected chi connectivity index (χ2v) is 7.14. The third-order valence-electron chi connectivity index (χ3n) is 6.19. The number of benzene rings is 1. The van der Waals surface area contributed by atoms with Gasteiger partial charge in [0.05, 0.1) is 17.0 Å². The smallest absolute Gasteiger partial charge is 0.352 e. The summed E-state index contributed by atoms with van der Waals surface area (Å²) in [5.41, 5.74) is 1.92. The lowest BCUT2D eigenvalue weighted by molar-refractivity contribution is -0.131. The minimum Gasteiger partial charge on any atom is -0.477 e. The summed E-state index contributed by atoms with van der Waals surface area (Å²) < 4.78 is 34.8. The Labute approximate surface area is 147 Å². The molecule has 0 aliphatic carbocycles. The molecule has 4 nitrogen and oxygen atoms in total. The molecule has 2 aromatic rings. The second-order valence-electron chi connectivity index (χ2n) is 7.14. The fraction of sp³-hybridized carbons (Fsp3) is 0.450. The molecule has 1 N–H and O–H groups in total. The Hall–Kier alpha value is -2.07. The molecule has 5 rings (SSSR count). The molecule has 124 valence electrons. The standard InChI is InChI=1S/C20H22N2O2/c1-2-20-9-5-10-21-11-8-14-13-6-3-4-7-15(13)22(17(14)18(20)21)16(12-20)19(23)24/h3-4,6-7,12,18H,2,5,8-11H2,1H3,(H,23,24)/t18-,20+/m0/s1/i3D,4D,6D,7D. The van der Waals surface area contributed by atoms with E-state index in [0.29, 0.717) is 17.3 Å². The molecule has 0 bridgehead atoms. The lowest BCUT2D eigenvalue weighted by atomic mass is 9.66. The number of para-hydroxylation sites is 1. The Balaban J connectivity index is 1.99. The highest BCUT2D eigenvalue weighted by atomic mass is 16.4. The van der Waals surface area contributed by atoms with Crippen LogP contribution >= 0.6 is 0 Å². The van der Waals surface area contributed by atoms with Crippen molar-refractivity contribution in [1.82, 2.24) is 9.47 Å². The number of carbonyl (C=O) groups is 1. The molecule has 0 radical (unpaired) electrons. The minimum atomic E-state index is -1.05. The van der Waals surface area contributed by atoms with Gasteiger partial charge >= 0.3 is 5.97 Å². The first-order chi connectivity index (χ1) is 13.3. The second kappa shape index (κ2) is 4.73. The van der Waals surface area contributed by atoms with Crippen molar-refractivity contribution in [3.8, 4) is 0 Å². The van der Waals surface area contributed by atoms with Gasteiger partial charge in [-0.1, -0.05) is 25.1 Å². The molecule has 24 heavy (non-hydrogen) atoms. The predicted molar refractivity (Wildman–Crippen MR) is 93.8 cm³/mol. The molecule has 0 amide bonds. The largest absolute Gasteiger partial charge is 0.477 e. The van der Waals surface area contributed by atoms with E-state index in [9.17, 15) is 9.90 Å². The number of rotatable bonds is 2. The quantitative estimate of drug-likeness (QED) is 0.916. The van der Waals surface area contributed by atoms with Gasteiger partial charge in [-0.25, -0.2) is 4.79 Å². The predicted octanol–water partition coefficient (Wildman–Crippen LogP) is 3.67. The number of hydrogen-bond donors (Lipinski definition) is 1. The topological polar surface area (TPSA) is 45.5 Å². The van der Waals surface area contributed by atoms with Crippen molar-refractivity contribution in [2.75, 3.05) is 13.1 Å². The molecule has 3 aliphatic rings. The van der Waals surface area contributed by atoms with E-state index >= 15 is 0 Å². The van der Waals surface area contributed by atoms with E-state index in [1.165, 1.54) is 0 Å². The molecule has 0 saturated carbocycles. The lowest BCUT2D eigenvalue weighted by Gasteiger charge is -2.53. The summed E-state index contributed by atoms with van der Waals surface area (Å²) in [7, 11) is 0. The van der Waals surface area contributed by atoms with Crippen LogP contribution in [-0.4, -0.2) is 33.6 Å². The van der Waals surface area contributed by atoms with Crippen molar-refractivity contribution >= 4 is 22.6 Å². The first-order valence-corrected chi connectivity index (χ1v) is 8.66. The third kappa shape index (κ3) is 1.59. The van der Waals surface area contributed by atoms with Gasteiger partial charge in [-0.15, -0.1) is 0 Å². The van der Waals surface area contributed by atoms with Crippen LogP contribution in [0.1, 0.15) is 49.0 Å². The van der Waals surface area contributed by atoms with Gasteiger partial charge in [0.15, 0.2) is 0 Å². The first kappa shape index (κ1) is 10.7. The van der Waals surface area contributed by atoms with Gasteiger partial charge in [-0.3, -0.25) is 4.90 Å². The summed E-state index contributed by atoms with van der Waals surface area (Å²) in [6, 6.07) is -0.785. The molecule has 0 unspecified atom stereocenters. The van der Waals surface area contributed by atoms with E-state index in [2.05, 4.69) is 11.8 Å². The summed E-state index contributed by atoms with van der Waals surface area (Å²) in [5, 5.41) is 10.5. The molecular formula is C20H22N2O2. The highest BCUT2D eigenvalue weighted by Gasteiger charge is 2.50. The monoisotopic (exact) mass is 326 g/mol. The van der Waals surface area contributed by atoms with Crippen LogP contribution in [0.5, 0.6) is 0 Å². The van der Waals surface area contributed by atoms with E-state index in [4.69, 9.17) is 5.48 Å². The highest BCUT2D eigenvalue weighted by Crippen LogP contribution is 2.56. The van der Waals surface area contributed by atoms with Crippen LogP contribution in [0.25, 0.3) is 16.6 Å². The van der Waals surface area contributed by atoms with Crippen LogP contribution in [0.2, 0.25) is 0 Å². The fourth-order valence-corrected chi connectivity index (χ4v) is 5.17. The Morgan fingerprint density at radius 2 is 2.25 bits per heavy atom. The van der Waals surface area contributed by atoms with Gasteiger partial charge < -0.3 is 9.67 Å². The molecule has 1 aromatic carbocycles. The Kier molecular flexibility index (Phi) is 2.11.